The fourth-order valence-corrected chi connectivity index (χ4v) is 0. The molecule has 26 valence electrons. The van der Waals surface area contributed by atoms with Gasteiger partial charge in [0.15, 0.2) is 17.4 Å². The second kappa shape index (κ2) is 18.3. The summed E-state index contributed by atoms with van der Waals surface area (Å²) >= 11 is 0. The molecular weight excluding hydrogens is 241 g/mol. The van der Waals surface area contributed by atoms with Crippen molar-refractivity contribution in [1.82, 2.24) is 0 Å². The zero-order valence-electron chi connectivity index (χ0n) is 0.707. The van der Waals surface area contributed by atoms with Crippen molar-refractivity contribution in [2.24, 2.45) is 0 Å². The third kappa shape index (κ3) is 8.84. The van der Waals surface area contributed by atoms with E-state index < -0.39 is 0 Å². The summed E-state index contributed by atoms with van der Waals surface area (Å²) in [7, 11) is 0. The molecule has 0 amide bonds. The van der Waals surface area contributed by atoms with Crippen LogP contribution in [0.5, 0.6) is 0 Å². The molecule has 0 saturated heterocycles. The molecule has 0 heterocycles. The maximum absolute atomic E-state index is 0. The SMILES string of the molecule is [AlH3].[AsH3].[GaH3].[GaH3]. The Balaban J connectivity index is 0. The van der Waals surface area contributed by atoms with E-state index in [1.165, 1.54) is 0 Å². The normalized spacial score (nSPS) is 0. The summed E-state index contributed by atoms with van der Waals surface area (Å²) in [6.45, 7) is 0. The average Bonchev–Trinajstić information content (AvgIpc) is 0. The van der Waals surface area contributed by atoms with Crippen molar-refractivity contribution in [3.8, 4) is 0 Å². The van der Waals surface area contributed by atoms with Gasteiger partial charge >= 0.3 is 57.5 Å². The van der Waals surface area contributed by atoms with Crippen LogP contribution in [0.25, 0.3) is 0 Å². The molecule has 0 saturated carbocycles. The van der Waals surface area contributed by atoms with Gasteiger partial charge in [-0.3, -0.25) is 0 Å². The first-order valence-corrected chi connectivity index (χ1v) is 0. The molecular formula is H12AlAsGa2. The molecule has 0 N–H and O–H groups in total. The molecule has 4 heavy (non-hydrogen) atoms. The summed E-state index contributed by atoms with van der Waals surface area (Å²) < 4.78 is 0. The molecule has 4 heteroatoms. The Kier molecular flexibility index (Phi) is 150. The Morgan fingerprint density at radius 3 is 0.750 bits per heavy atom. The third-order valence-corrected chi connectivity index (χ3v) is 0. The molecule has 0 aliphatic rings. The summed E-state index contributed by atoms with van der Waals surface area (Å²) in [5.74, 6) is 0. The quantitative estimate of drug-likeness (QED) is 0.381. The Morgan fingerprint density at radius 2 is 0.750 bits per heavy atom. The summed E-state index contributed by atoms with van der Waals surface area (Å²) in [6, 6.07) is 0. The maximum atomic E-state index is 0. The van der Waals surface area contributed by atoms with E-state index in [0.717, 1.165) is 0 Å². The van der Waals surface area contributed by atoms with Crippen molar-refractivity contribution in [3.63, 3.8) is 0 Å². The fraction of sp³-hybridized carbons (Fsp3) is 0. The van der Waals surface area contributed by atoms with Crippen LogP contribution in [0, 0.1) is 0 Å². The second-order valence-corrected chi connectivity index (χ2v) is 0. The monoisotopic (exact) mass is 252 g/mol. The predicted molar refractivity (Wildman–Crippen MR) is 39.8 cm³/mol. The van der Waals surface area contributed by atoms with E-state index in [0.29, 0.717) is 0 Å². The van der Waals surface area contributed by atoms with Gasteiger partial charge in [-0.2, -0.15) is 0 Å². The van der Waals surface area contributed by atoms with Gasteiger partial charge in [-0.1, -0.05) is 0 Å². The minimum absolute atomic E-state index is 0. The molecule has 0 aromatic carbocycles. The van der Waals surface area contributed by atoms with E-state index in [9.17, 15) is 0 Å². The first-order valence-electron chi connectivity index (χ1n) is 0. The molecule has 0 nitrogen and oxygen atoms in total. The molecule has 0 bridgehead atoms. The van der Waals surface area contributed by atoms with Gasteiger partial charge in [0.25, 0.3) is 0 Å². The second-order valence-electron chi connectivity index (χ2n) is 0. The molecule has 1 atom stereocenters. The minimum atomic E-state index is 0. The molecule has 0 rings (SSSR count). The van der Waals surface area contributed by atoms with Crippen molar-refractivity contribution >= 4 is 74.9 Å². The van der Waals surface area contributed by atoms with Crippen LogP contribution < -0.4 is 0 Å². The van der Waals surface area contributed by atoms with E-state index in [4.69, 9.17) is 0 Å². The first-order chi connectivity index (χ1) is 0. The Hall–Kier alpha value is 2.36. The molecule has 0 spiro atoms. The summed E-state index contributed by atoms with van der Waals surface area (Å²) in [5, 5.41) is 0. The van der Waals surface area contributed by atoms with Crippen molar-refractivity contribution in [1.29, 1.82) is 0 Å². The van der Waals surface area contributed by atoms with Gasteiger partial charge in [0.2, 0.25) is 0 Å². The molecule has 1 unspecified atom stereocenters. The van der Waals surface area contributed by atoms with Gasteiger partial charge < -0.3 is 0 Å². The van der Waals surface area contributed by atoms with E-state index in [2.05, 4.69) is 0 Å². The van der Waals surface area contributed by atoms with Crippen molar-refractivity contribution in [2.75, 3.05) is 0 Å². The Labute approximate surface area is 74.0 Å². The van der Waals surface area contributed by atoms with Crippen molar-refractivity contribution in [3.05, 3.63) is 0 Å². The van der Waals surface area contributed by atoms with Crippen LogP contribution in [-0.4, -0.2) is 74.9 Å². The van der Waals surface area contributed by atoms with E-state index in [1.807, 2.05) is 0 Å². The first kappa shape index (κ1) is 32.8. The number of rotatable bonds is 0. The molecule has 0 aliphatic carbocycles. The molecule has 0 aromatic heterocycles. The molecule has 0 fully saturated rings. The van der Waals surface area contributed by atoms with Gasteiger partial charge in [-0.05, 0) is 0 Å². The van der Waals surface area contributed by atoms with Crippen molar-refractivity contribution < 1.29 is 0 Å². The van der Waals surface area contributed by atoms with Gasteiger partial charge in [0, 0.05) is 0 Å². The summed E-state index contributed by atoms with van der Waals surface area (Å²) in [5.41, 5.74) is 0. The van der Waals surface area contributed by atoms with Crippen LogP contribution in [0.1, 0.15) is 0 Å². The predicted octanol–water partition coefficient (Wildman–Crippen LogP) is -4.74. The van der Waals surface area contributed by atoms with Crippen LogP contribution in [0.15, 0.2) is 0 Å². The van der Waals surface area contributed by atoms with Gasteiger partial charge in [-0.25, -0.2) is 0 Å². The topological polar surface area (TPSA) is 0 Å². The summed E-state index contributed by atoms with van der Waals surface area (Å²) in [6.07, 6.45) is 0. The third-order valence-electron chi connectivity index (χ3n) is 0. The zero-order chi connectivity index (χ0) is 0. The zero-order valence-corrected chi connectivity index (χ0v) is 3.67. The molecule has 0 radical (unpaired) electrons. The Bertz CT molecular complexity index is 6.00. The van der Waals surface area contributed by atoms with Crippen molar-refractivity contribution in [2.45, 2.75) is 0 Å². The van der Waals surface area contributed by atoms with Crippen LogP contribution in [0.4, 0.5) is 0 Å². The van der Waals surface area contributed by atoms with E-state index >= 15 is 0 Å². The average molecular weight is 253 g/mol. The molecule has 0 aromatic rings. The fourth-order valence-electron chi connectivity index (χ4n) is 0. The van der Waals surface area contributed by atoms with Gasteiger partial charge in [0.1, 0.15) is 0 Å². The van der Waals surface area contributed by atoms with E-state index in [1.54, 1.807) is 0 Å². The van der Waals surface area contributed by atoms with Crippen LogP contribution in [0.3, 0.4) is 0 Å². The number of hydrogen-bond acceptors (Lipinski definition) is 0. The van der Waals surface area contributed by atoms with E-state index in [-0.39, 0.29) is 74.9 Å². The number of hydrogen-bond donors (Lipinski definition) is 0. The van der Waals surface area contributed by atoms with Gasteiger partial charge in [-0.15, -0.1) is 0 Å². The molecule has 0 aliphatic heterocycles. The standard InChI is InChI=1S/Al.AsH3.2Ga.9H/h;1H3;;;;;;;;;;;. The van der Waals surface area contributed by atoms with Crippen LogP contribution in [0.2, 0.25) is 0 Å². The Morgan fingerprint density at radius 1 is 0.750 bits per heavy atom. The van der Waals surface area contributed by atoms with Gasteiger partial charge in [0.05, 0.1) is 0 Å². The van der Waals surface area contributed by atoms with Crippen LogP contribution >= 0.6 is 0 Å². The summed E-state index contributed by atoms with van der Waals surface area (Å²) in [4.78, 5) is 0. The van der Waals surface area contributed by atoms with Crippen LogP contribution in [-0.2, 0) is 0 Å².